The molecule has 0 saturated carbocycles. The van der Waals surface area contributed by atoms with Gasteiger partial charge in [0.1, 0.15) is 16.7 Å². The van der Waals surface area contributed by atoms with Gasteiger partial charge in [0.15, 0.2) is 11.5 Å². The molecule has 1 aromatic heterocycles. The van der Waals surface area contributed by atoms with E-state index in [0.29, 0.717) is 28.2 Å². The molecule has 0 saturated heterocycles. The molecule has 0 aliphatic carbocycles. The van der Waals surface area contributed by atoms with E-state index in [-0.39, 0.29) is 0 Å². The van der Waals surface area contributed by atoms with Crippen LogP contribution in [0.1, 0.15) is 11.1 Å². The normalized spacial score (nSPS) is 11.8. The van der Waals surface area contributed by atoms with Crippen molar-refractivity contribution in [2.45, 2.75) is 13.8 Å². The molecule has 2 aromatic carbocycles. The SMILES string of the molecule is COc1ccc(-c2c/c(=N/O)c3cc(C)cc(C)c3o2)cc1OC. The van der Waals surface area contributed by atoms with E-state index in [1.807, 2.05) is 44.2 Å². The van der Waals surface area contributed by atoms with Gasteiger partial charge in [-0.1, -0.05) is 11.2 Å². The number of hydrogen-bond donors (Lipinski definition) is 1. The molecular weight excluding hydrogens is 306 g/mol. The van der Waals surface area contributed by atoms with Crippen LogP contribution in [0.25, 0.3) is 22.3 Å². The minimum atomic E-state index is 0.466. The number of nitrogens with zero attached hydrogens (tertiary/aromatic N) is 1. The summed E-state index contributed by atoms with van der Waals surface area (Å²) >= 11 is 0. The van der Waals surface area contributed by atoms with Gasteiger partial charge in [-0.15, -0.1) is 0 Å². The molecule has 0 radical (unpaired) electrons. The van der Waals surface area contributed by atoms with Crippen molar-refractivity contribution < 1.29 is 19.1 Å². The molecule has 0 bridgehead atoms. The molecule has 5 heteroatoms. The topological polar surface area (TPSA) is 64.2 Å². The predicted octanol–water partition coefficient (Wildman–Crippen LogP) is 4.02. The Morgan fingerprint density at radius 2 is 1.71 bits per heavy atom. The second-order valence-electron chi connectivity index (χ2n) is 5.62. The standard InChI is InChI=1S/C19H19NO4/c1-11-7-12(2)19-14(8-11)15(20-21)10-17(24-19)13-5-6-16(22-3)18(9-13)23-4/h5-10,21H,1-4H3/b20-15-. The Labute approximate surface area is 139 Å². The molecule has 1 heterocycles. The molecule has 0 amide bonds. The van der Waals surface area contributed by atoms with E-state index < -0.39 is 0 Å². The van der Waals surface area contributed by atoms with E-state index in [9.17, 15) is 5.21 Å². The first-order chi connectivity index (χ1) is 11.6. The summed E-state index contributed by atoms with van der Waals surface area (Å²) in [6.45, 7) is 3.97. The number of fused-ring (bicyclic) bond motifs is 1. The van der Waals surface area contributed by atoms with Crippen molar-refractivity contribution in [1.29, 1.82) is 0 Å². The third-order valence-electron chi connectivity index (χ3n) is 3.95. The zero-order valence-electron chi connectivity index (χ0n) is 14.1. The Morgan fingerprint density at radius 1 is 0.958 bits per heavy atom. The van der Waals surface area contributed by atoms with Gasteiger partial charge in [0.25, 0.3) is 0 Å². The lowest BCUT2D eigenvalue weighted by Crippen LogP contribution is -2.04. The van der Waals surface area contributed by atoms with Gasteiger partial charge in [-0.3, -0.25) is 0 Å². The van der Waals surface area contributed by atoms with E-state index >= 15 is 0 Å². The monoisotopic (exact) mass is 325 g/mol. The number of methoxy groups -OCH3 is 2. The summed E-state index contributed by atoms with van der Waals surface area (Å²) in [7, 11) is 3.17. The molecule has 0 aliphatic heterocycles. The Balaban J connectivity index is 2.28. The lowest BCUT2D eigenvalue weighted by atomic mass is 10.1. The first-order valence-corrected chi connectivity index (χ1v) is 7.53. The zero-order valence-corrected chi connectivity index (χ0v) is 14.1. The first kappa shape index (κ1) is 15.9. The maximum Gasteiger partial charge on any atom is 0.161 e. The summed E-state index contributed by atoms with van der Waals surface area (Å²) in [5.74, 6) is 1.83. The third kappa shape index (κ3) is 2.69. The Kier molecular flexibility index (Phi) is 4.16. The summed E-state index contributed by atoms with van der Waals surface area (Å²) in [5, 5.41) is 14.1. The van der Waals surface area contributed by atoms with Crippen molar-refractivity contribution >= 4 is 11.0 Å². The number of ether oxygens (including phenoxy) is 2. The minimum absolute atomic E-state index is 0.466. The van der Waals surface area contributed by atoms with Crippen LogP contribution in [0.2, 0.25) is 0 Å². The molecule has 0 aliphatic rings. The fraction of sp³-hybridized carbons (Fsp3) is 0.211. The molecule has 0 spiro atoms. The van der Waals surface area contributed by atoms with Crippen molar-refractivity contribution in [3.63, 3.8) is 0 Å². The zero-order chi connectivity index (χ0) is 17.3. The fourth-order valence-corrected chi connectivity index (χ4v) is 2.84. The molecule has 3 aromatic rings. The third-order valence-corrected chi connectivity index (χ3v) is 3.95. The maximum absolute atomic E-state index is 9.41. The molecule has 0 unspecified atom stereocenters. The fourth-order valence-electron chi connectivity index (χ4n) is 2.84. The minimum Gasteiger partial charge on any atom is -0.493 e. The first-order valence-electron chi connectivity index (χ1n) is 7.53. The van der Waals surface area contributed by atoms with E-state index in [1.165, 1.54) is 0 Å². The van der Waals surface area contributed by atoms with Gasteiger partial charge in [0.2, 0.25) is 0 Å². The van der Waals surface area contributed by atoms with Gasteiger partial charge in [0, 0.05) is 17.0 Å². The van der Waals surface area contributed by atoms with Crippen LogP contribution < -0.4 is 14.8 Å². The molecule has 0 fully saturated rings. The molecule has 0 atom stereocenters. The van der Waals surface area contributed by atoms with Crippen molar-refractivity contribution in [1.82, 2.24) is 0 Å². The van der Waals surface area contributed by atoms with Crippen LogP contribution in [0.5, 0.6) is 11.5 Å². The molecule has 5 nitrogen and oxygen atoms in total. The van der Waals surface area contributed by atoms with Crippen LogP contribution in [0.4, 0.5) is 0 Å². The van der Waals surface area contributed by atoms with Crippen LogP contribution in [-0.2, 0) is 0 Å². The van der Waals surface area contributed by atoms with Gasteiger partial charge < -0.3 is 19.1 Å². The number of benzene rings is 2. The molecule has 124 valence electrons. The highest BCUT2D eigenvalue weighted by Gasteiger charge is 2.12. The van der Waals surface area contributed by atoms with Crippen molar-refractivity contribution in [2.24, 2.45) is 5.16 Å². The lowest BCUT2D eigenvalue weighted by molar-refractivity contribution is 0.302. The molecule has 3 rings (SSSR count). The number of aryl methyl sites for hydroxylation is 2. The predicted molar refractivity (Wildman–Crippen MR) is 91.6 cm³/mol. The Morgan fingerprint density at radius 3 is 2.38 bits per heavy atom. The summed E-state index contributed by atoms with van der Waals surface area (Å²) in [4.78, 5) is 0. The number of hydrogen-bond acceptors (Lipinski definition) is 5. The quantitative estimate of drug-likeness (QED) is 0.583. The van der Waals surface area contributed by atoms with E-state index in [0.717, 1.165) is 22.1 Å². The average molecular weight is 325 g/mol. The van der Waals surface area contributed by atoms with Gasteiger partial charge in [-0.25, -0.2) is 0 Å². The maximum atomic E-state index is 9.41. The summed E-state index contributed by atoms with van der Waals surface area (Å²) in [5.41, 5.74) is 3.57. The second kappa shape index (κ2) is 6.28. The van der Waals surface area contributed by atoms with Gasteiger partial charge in [-0.2, -0.15) is 0 Å². The van der Waals surface area contributed by atoms with Crippen LogP contribution in [0.3, 0.4) is 0 Å². The molecule has 24 heavy (non-hydrogen) atoms. The summed E-state index contributed by atoms with van der Waals surface area (Å²) in [6.07, 6.45) is 0. The number of rotatable bonds is 3. The van der Waals surface area contributed by atoms with Crippen molar-refractivity contribution in [2.75, 3.05) is 14.2 Å². The highest BCUT2D eigenvalue weighted by atomic mass is 16.5. The highest BCUT2D eigenvalue weighted by molar-refractivity contribution is 5.82. The van der Waals surface area contributed by atoms with Crippen LogP contribution in [-0.4, -0.2) is 19.4 Å². The van der Waals surface area contributed by atoms with Crippen LogP contribution in [0.15, 0.2) is 46.0 Å². The van der Waals surface area contributed by atoms with E-state index in [1.54, 1.807) is 20.3 Å². The van der Waals surface area contributed by atoms with Crippen LogP contribution >= 0.6 is 0 Å². The lowest BCUT2D eigenvalue weighted by Gasteiger charge is -2.11. The summed E-state index contributed by atoms with van der Waals surface area (Å²) in [6, 6.07) is 11.2. The Bertz CT molecular complexity index is 973. The van der Waals surface area contributed by atoms with Crippen molar-refractivity contribution in [3.05, 3.63) is 52.9 Å². The van der Waals surface area contributed by atoms with Crippen LogP contribution in [0, 0.1) is 13.8 Å². The Hall–Kier alpha value is -2.95. The smallest absolute Gasteiger partial charge is 0.161 e. The largest absolute Gasteiger partial charge is 0.493 e. The molecular formula is C19H19NO4. The van der Waals surface area contributed by atoms with Gasteiger partial charge in [-0.05, 0) is 49.2 Å². The van der Waals surface area contributed by atoms with Gasteiger partial charge >= 0.3 is 0 Å². The van der Waals surface area contributed by atoms with E-state index in [4.69, 9.17) is 13.9 Å². The average Bonchev–Trinajstić information content (AvgIpc) is 2.60. The summed E-state index contributed by atoms with van der Waals surface area (Å²) < 4.78 is 16.7. The van der Waals surface area contributed by atoms with E-state index in [2.05, 4.69) is 5.16 Å². The molecule has 1 N–H and O–H groups in total. The highest BCUT2D eigenvalue weighted by Crippen LogP contribution is 2.33. The van der Waals surface area contributed by atoms with Crippen molar-refractivity contribution in [3.8, 4) is 22.8 Å². The second-order valence-corrected chi connectivity index (χ2v) is 5.62. The van der Waals surface area contributed by atoms with Gasteiger partial charge in [0.05, 0.1) is 14.2 Å².